The highest BCUT2D eigenvalue weighted by atomic mass is 16.5. The zero-order valence-electron chi connectivity index (χ0n) is 13.3. The first kappa shape index (κ1) is 18.2. The lowest BCUT2D eigenvalue weighted by atomic mass is 9.92. The van der Waals surface area contributed by atoms with E-state index in [1.165, 1.54) is 4.90 Å². The molecule has 0 aromatic heterocycles. The number of hydrogen-bond donors (Lipinski definition) is 2. The van der Waals surface area contributed by atoms with E-state index in [4.69, 9.17) is 14.9 Å². The molecule has 1 aliphatic carbocycles. The van der Waals surface area contributed by atoms with Gasteiger partial charge in [-0.1, -0.05) is 0 Å². The Hall–Kier alpha value is -0.850. The fourth-order valence-electron chi connectivity index (χ4n) is 2.77. The number of ether oxygens (including phenoxy) is 1. The van der Waals surface area contributed by atoms with Gasteiger partial charge in [0.1, 0.15) is 0 Å². The molecule has 0 spiro atoms. The van der Waals surface area contributed by atoms with Crippen molar-refractivity contribution in [3.05, 3.63) is 0 Å². The number of amides is 1. The molecule has 1 rings (SSSR count). The molecule has 1 saturated carbocycles. The monoisotopic (exact) mass is 302 g/mol. The summed E-state index contributed by atoms with van der Waals surface area (Å²) in [6.07, 6.45) is 5.25. The minimum Gasteiger partial charge on any atom is -0.465 e. The van der Waals surface area contributed by atoms with Gasteiger partial charge in [-0.3, -0.25) is 0 Å². The van der Waals surface area contributed by atoms with E-state index in [1.807, 2.05) is 7.05 Å². The summed E-state index contributed by atoms with van der Waals surface area (Å²) in [5, 5.41) is 17.8. The van der Waals surface area contributed by atoms with Crippen molar-refractivity contribution < 1.29 is 19.7 Å². The van der Waals surface area contributed by atoms with E-state index >= 15 is 0 Å². The van der Waals surface area contributed by atoms with E-state index in [1.54, 1.807) is 7.05 Å². The Labute approximate surface area is 127 Å². The highest BCUT2D eigenvalue weighted by Crippen LogP contribution is 2.24. The zero-order valence-corrected chi connectivity index (χ0v) is 13.3. The van der Waals surface area contributed by atoms with Crippen LogP contribution in [0.25, 0.3) is 0 Å². The lowest BCUT2D eigenvalue weighted by Gasteiger charge is -2.33. The molecule has 0 aromatic rings. The molecule has 0 unspecified atom stereocenters. The summed E-state index contributed by atoms with van der Waals surface area (Å²) in [6, 6.07) is 0.148. The van der Waals surface area contributed by atoms with E-state index in [9.17, 15) is 4.79 Å². The molecule has 0 aliphatic heterocycles. The topological polar surface area (TPSA) is 73.2 Å². The number of likely N-dealkylation sites (N-methyl/N-ethyl adjacent to an activating group) is 1. The molecule has 0 saturated heterocycles. The number of unbranched alkanes of at least 4 members (excludes halogenated alkanes) is 1. The maximum atomic E-state index is 10.9. The average Bonchev–Trinajstić information content (AvgIpc) is 2.47. The van der Waals surface area contributed by atoms with Gasteiger partial charge in [0.2, 0.25) is 0 Å². The second-order valence-corrected chi connectivity index (χ2v) is 5.93. The highest BCUT2D eigenvalue weighted by molar-refractivity contribution is 5.64. The van der Waals surface area contributed by atoms with Crippen molar-refractivity contribution in [2.45, 2.75) is 50.7 Å². The van der Waals surface area contributed by atoms with Crippen molar-refractivity contribution in [1.29, 1.82) is 0 Å². The van der Waals surface area contributed by atoms with E-state index in [2.05, 4.69) is 4.90 Å². The predicted molar refractivity (Wildman–Crippen MR) is 81.6 cm³/mol. The summed E-state index contributed by atoms with van der Waals surface area (Å²) < 4.78 is 5.88. The van der Waals surface area contributed by atoms with Crippen LogP contribution in [-0.4, -0.2) is 78.7 Å². The number of nitrogens with zero attached hydrogens (tertiary/aromatic N) is 2. The van der Waals surface area contributed by atoms with Crippen molar-refractivity contribution in [2.75, 3.05) is 40.4 Å². The molecule has 1 fully saturated rings. The summed E-state index contributed by atoms with van der Waals surface area (Å²) in [5.41, 5.74) is 0. The smallest absolute Gasteiger partial charge is 0.407 e. The van der Waals surface area contributed by atoms with Crippen LogP contribution < -0.4 is 0 Å². The number of aliphatic hydroxyl groups is 1. The molecular formula is C15H30N2O4. The standard InChI is InChI=1S/C15H30N2O4/c1-16(10-11-18)9-3-4-12-21-14-7-5-13(6-8-14)17(2)15(19)20/h13-14,18H,3-12H2,1-2H3,(H,19,20). The number of aliphatic hydroxyl groups excluding tert-OH is 1. The van der Waals surface area contributed by atoms with Gasteiger partial charge in [0.25, 0.3) is 0 Å². The summed E-state index contributed by atoms with van der Waals surface area (Å²) in [6.45, 7) is 2.69. The molecule has 0 radical (unpaired) electrons. The van der Waals surface area contributed by atoms with Gasteiger partial charge in [-0.25, -0.2) is 4.79 Å². The number of carboxylic acid groups (broad SMARTS) is 1. The Morgan fingerprint density at radius 3 is 2.38 bits per heavy atom. The van der Waals surface area contributed by atoms with Crippen LogP contribution in [0.15, 0.2) is 0 Å². The lowest BCUT2D eigenvalue weighted by Crippen LogP contribution is -2.40. The molecular weight excluding hydrogens is 272 g/mol. The van der Waals surface area contributed by atoms with Crippen molar-refractivity contribution >= 4 is 6.09 Å². The van der Waals surface area contributed by atoms with Crippen molar-refractivity contribution in [2.24, 2.45) is 0 Å². The van der Waals surface area contributed by atoms with Crippen LogP contribution in [0.5, 0.6) is 0 Å². The molecule has 2 N–H and O–H groups in total. The predicted octanol–water partition coefficient (Wildman–Crippen LogP) is 1.63. The van der Waals surface area contributed by atoms with Crippen LogP contribution in [0, 0.1) is 0 Å². The van der Waals surface area contributed by atoms with Gasteiger partial charge in [-0.15, -0.1) is 0 Å². The van der Waals surface area contributed by atoms with Gasteiger partial charge in [0.05, 0.1) is 12.7 Å². The van der Waals surface area contributed by atoms with Crippen molar-refractivity contribution in [3.63, 3.8) is 0 Å². The van der Waals surface area contributed by atoms with Crippen LogP contribution in [0.4, 0.5) is 4.79 Å². The molecule has 0 atom stereocenters. The third kappa shape index (κ3) is 7.11. The molecule has 124 valence electrons. The summed E-state index contributed by atoms with van der Waals surface area (Å²) in [7, 11) is 3.66. The Bertz CT molecular complexity index is 293. The summed E-state index contributed by atoms with van der Waals surface area (Å²) in [4.78, 5) is 14.4. The summed E-state index contributed by atoms with van der Waals surface area (Å²) >= 11 is 0. The van der Waals surface area contributed by atoms with Gasteiger partial charge in [-0.2, -0.15) is 0 Å². The quantitative estimate of drug-likeness (QED) is 0.633. The molecule has 0 heterocycles. The van der Waals surface area contributed by atoms with Crippen LogP contribution in [0.1, 0.15) is 38.5 Å². The number of rotatable bonds is 9. The maximum absolute atomic E-state index is 10.9. The fraction of sp³-hybridized carbons (Fsp3) is 0.933. The van der Waals surface area contributed by atoms with Gasteiger partial charge >= 0.3 is 6.09 Å². The molecule has 1 amide bonds. The highest BCUT2D eigenvalue weighted by Gasteiger charge is 2.26. The first-order chi connectivity index (χ1) is 10.0. The molecule has 6 nitrogen and oxygen atoms in total. The van der Waals surface area contributed by atoms with Crippen molar-refractivity contribution in [1.82, 2.24) is 9.80 Å². The van der Waals surface area contributed by atoms with Crippen LogP contribution >= 0.6 is 0 Å². The van der Waals surface area contributed by atoms with E-state index in [0.29, 0.717) is 6.10 Å². The fourth-order valence-corrected chi connectivity index (χ4v) is 2.77. The van der Waals surface area contributed by atoms with Crippen LogP contribution in [0.2, 0.25) is 0 Å². The second-order valence-electron chi connectivity index (χ2n) is 5.93. The largest absolute Gasteiger partial charge is 0.465 e. The SMILES string of the molecule is CN(CCO)CCCCOC1CCC(N(C)C(=O)O)CC1. The molecule has 6 heteroatoms. The van der Waals surface area contributed by atoms with Gasteiger partial charge in [0, 0.05) is 26.2 Å². The third-order valence-corrected chi connectivity index (χ3v) is 4.26. The molecule has 21 heavy (non-hydrogen) atoms. The Morgan fingerprint density at radius 2 is 1.81 bits per heavy atom. The first-order valence-corrected chi connectivity index (χ1v) is 7.91. The Balaban J connectivity index is 2.04. The maximum Gasteiger partial charge on any atom is 0.407 e. The van der Waals surface area contributed by atoms with E-state index in [0.717, 1.165) is 58.2 Å². The summed E-state index contributed by atoms with van der Waals surface area (Å²) in [5.74, 6) is 0. The Kier molecular flexibility index (Phi) is 8.64. The number of hydrogen-bond acceptors (Lipinski definition) is 4. The van der Waals surface area contributed by atoms with Crippen molar-refractivity contribution in [3.8, 4) is 0 Å². The number of carbonyl (C=O) groups is 1. The normalized spacial score (nSPS) is 22.5. The zero-order chi connectivity index (χ0) is 15.7. The average molecular weight is 302 g/mol. The van der Waals surface area contributed by atoms with Crippen LogP contribution in [0.3, 0.4) is 0 Å². The first-order valence-electron chi connectivity index (χ1n) is 7.91. The molecule has 1 aliphatic rings. The second kappa shape index (κ2) is 9.97. The van der Waals surface area contributed by atoms with Gasteiger partial charge < -0.3 is 24.7 Å². The molecule has 0 bridgehead atoms. The van der Waals surface area contributed by atoms with E-state index in [-0.39, 0.29) is 12.6 Å². The Morgan fingerprint density at radius 1 is 1.14 bits per heavy atom. The van der Waals surface area contributed by atoms with Gasteiger partial charge in [-0.05, 0) is 52.1 Å². The van der Waals surface area contributed by atoms with E-state index < -0.39 is 6.09 Å². The minimum atomic E-state index is -0.841. The molecule has 0 aromatic carbocycles. The minimum absolute atomic E-state index is 0.148. The van der Waals surface area contributed by atoms with Gasteiger partial charge in [0.15, 0.2) is 0 Å². The lowest BCUT2D eigenvalue weighted by molar-refractivity contribution is 0.00953. The van der Waals surface area contributed by atoms with Crippen LogP contribution in [-0.2, 0) is 4.74 Å². The third-order valence-electron chi connectivity index (χ3n) is 4.26.